The number of halogens is 3. The number of ether oxygens (including phenoxy) is 1. The molecule has 0 fully saturated rings. The van der Waals surface area contributed by atoms with Crippen LogP contribution in [0.25, 0.3) is 0 Å². The lowest BCUT2D eigenvalue weighted by Gasteiger charge is -2.15. The van der Waals surface area contributed by atoms with E-state index in [-0.39, 0.29) is 10.6 Å². The molecule has 0 spiro atoms. The third-order valence-electron chi connectivity index (χ3n) is 3.20. The first-order chi connectivity index (χ1) is 12.2. The molecule has 0 aliphatic heterocycles. The highest BCUT2D eigenvalue weighted by atomic mass is 35.5. The second-order valence-electron chi connectivity index (χ2n) is 5.19. The first-order valence-corrected chi connectivity index (χ1v) is 9.17. The Morgan fingerprint density at radius 3 is 2.19 bits per heavy atom. The second-order valence-corrected chi connectivity index (χ2v) is 7.34. The third kappa shape index (κ3) is 5.65. The van der Waals surface area contributed by atoms with Gasteiger partial charge in [0.1, 0.15) is 5.75 Å². The molecule has 6 nitrogen and oxygen atoms in total. The molecule has 0 bridgehead atoms. The molecule has 140 valence electrons. The van der Waals surface area contributed by atoms with Crippen LogP contribution in [0.2, 0.25) is 5.02 Å². The number of anilines is 1. The van der Waals surface area contributed by atoms with Crippen molar-refractivity contribution in [3.05, 3.63) is 53.6 Å². The average molecular weight is 405 g/mol. The maximum atomic E-state index is 12.2. The molecular formula is C16H15ClF2N2O4S. The number of hydrogen-bond donors (Lipinski definition) is 2. The van der Waals surface area contributed by atoms with Crippen LogP contribution in [0.3, 0.4) is 0 Å². The highest BCUT2D eigenvalue weighted by molar-refractivity contribution is 7.89. The van der Waals surface area contributed by atoms with Crippen molar-refractivity contribution < 1.29 is 26.7 Å². The Bertz CT molecular complexity index is 859. The van der Waals surface area contributed by atoms with Crippen molar-refractivity contribution in [2.24, 2.45) is 0 Å². The molecule has 10 heteroatoms. The topological polar surface area (TPSA) is 84.5 Å². The SMILES string of the molecule is C[C@H](NS(=O)(=O)c1ccc(Cl)cc1)C(=O)Nc1ccc(OC(F)F)cc1. The number of carbonyl (C=O) groups excluding carboxylic acids is 1. The van der Waals surface area contributed by atoms with Gasteiger partial charge in [0.25, 0.3) is 0 Å². The van der Waals surface area contributed by atoms with Crippen molar-refractivity contribution in [3.63, 3.8) is 0 Å². The third-order valence-corrected chi connectivity index (χ3v) is 5.00. The van der Waals surface area contributed by atoms with E-state index in [4.69, 9.17) is 11.6 Å². The highest BCUT2D eigenvalue weighted by Crippen LogP contribution is 2.18. The maximum Gasteiger partial charge on any atom is 0.387 e. The summed E-state index contributed by atoms with van der Waals surface area (Å²) in [6.45, 7) is -1.57. The molecule has 1 atom stereocenters. The molecule has 0 heterocycles. The molecule has 0 unspecified atom stereocenters. The van der Waals surface area contributed by atoms with Crippen LogP contribution < -0.4 is 14.8 Å². The first kappa shape index (κ1) is 20.1. The summed E-state index contributed by atoms with van der Waals surface area (Å²) in [6, 6.07) is 9.62. The summed E-state index contributed by atoms with van der Waals surface area (Å²) in [5.41, 5.74) is 0.300. The zero-order valence-electron chi connectivity index (χ0n) is 13.4. The quantitative estimate of drug-likeness (QED) is 0.742. The summed E-state index contributed by atoms with van der Waals surface area (Å²) in [6.07, 6.45) is 0. The molecule has 0 aromatic heterocycles. The van der Waals surface area contributed by atoms with Crippen molar-refractivity contribution in [1.29, 1.82) is 0 Å². The van der Waals surface area contributed by atoms with Gasteiger partial charge in [-0.15, -0.1) is 0 Å². The number of nitrogens with one attached hydrogen (secondary N) is 2. The van der Waals surface area contributed by atoms with E-state index in [2.05, 4.69) is 14.8 Å². The average Bonchev–Trinajstić information content (AvgIpc) is 2.56. The van der Waals surface area contributed by atoms with Gasteiger partial charge in [-0.25, -0.2) is 8.42 Å². The van der Waals surface area contributed by atoms with Crippen molar-refractivity contribution in [1.82, 2.24) is 4.72 Å². The predicted molar refractivity (Wildman–Crippen MR) is 92.9 cm³/mol. The number of amides is 1. The summed E-state index contributed by atoms with van der Waals surface area (Å²) in [7, 11) is -3.91. The van der Waals surface area contributed by atoms with Crippen LogP contribution in [0.4, 0.5) is 14.5 Å². The molecule has 0 aliphatic rings. The lowest BCUT2D eigenvalue weighted by atomic mass is 10.2. The molecule has 0 saturated heterocycles. The summed E-state index contributed by atoms with van der Waals surface area (Å²) in [4.78, 5) is 12.1. The Balaban J connectivity index is 1.99. The molecule has 0 radical (unpaired) electrons. The minimum absolute atomic E-state index is 0.0324. The molecular weight excluding hydrogens is 390 g/mol. The summed E-state index contributed by atoms with van der Waals surface area (Å²) in [5, 5.41) is 2.86. The molecule has 0 saturated carbocycles. The van der Waals surface area contributed by atoms with Gasteiger partial charge >= 0.3 is 6.61 Å². The van der Waals surface area contributed by atoms with Gasteiger partial charge in [0, 0.05) is 10.7 Å². The van der Waals surface area contributed by atoms with Crippen LogP contribution in [-0.2, 0) is 14.8 Å². The standard InChI is InChI=1S/C16H15ClF2N2O4S/c1-10(21-26(23,24)14-8-2-11(17)3-9-14)15(22)20-12-4-6-13(7-5-12)25-16(18)19/h2-10,16,21H,1H3,(H,20,22)/t10-/m0/s1. The smallest absolute Gasteiger partial charge is 0.387 e. The Kier molecular flexibility index (Phi) is 6.52. The van der Waals surface area contributed by atoms with E-state index in [0.29, 0.717) is 10.7 Å². The summed E-state index contributed by atoms with van der Waals surface area (Å²) < 4.78 is 55.1. The van der Waals surface area contributed by atoms with Gasteiger partial charge in [0.15, 0.2) is 0 Å². The van der Waals surface area contributed by atoms with E-state index in [1.807, 2.05) is 0 Å². The minimum atomic E-state index is -3.91. The largest absolute Gasteiger partial charge is 0.435 e. The van der Waals surface area contributed by atoms with Gasteiger partial charge in [-0.1, -0.05) is 11.6 Å². The fraction of sp³-hybridized carbons (Fsp3) is 0.188. The highest BCUT2D eigenvalue weighted by Gasteiger charge is 2.22. The van der Waals surface area contributed by atoms with Gasteiger partial charge in [0.2, 0.25) is 15.9 Å². The van der Waals surface area contributed by atoms with E-state index in [0.717, 1.165) is 0 Å². The van der Waals surface area contributed by atoms with Gasteiger partial charge < -0.3 is 10.1 Å². The van der Waals surface area contributed by atoms with Crippen LogP contribution in [0, 0.1) is 0 Å². The monoisotopic (exact) mass is 404 g/mol. The van der Waals surface area contributed by atoms with Crippen LogP contribution in [0.5, 0.6) is 5.75 Å². The normalized spacial score (nSPS) is 12.7. The van der Waals surface area contributed by atoms with Crippen molar-refractivity contribution >= 4 is 33.2 Å². The van der Waals surface area contributed by atoms with E-state index in [1.54, 1.807) is 0 Å². The number of benzene rings is 2. The minimum Gasteiger partial charge on any atom is -0.435 e. The Morgan fingerprint density at radius 1 is 1.08 bits per heavy atom. The second kappa shape index (κ2) is 8.43. The van der Waals surface area contributed by atoms with Gasteiger partial charge in [0.05, 0.1) is 10.9 Å². The van der Waals surface area contributed by atoms with E-state index < -0.39 is 28.6 Å². The van der Waals surface area contributed by atoms with Crippen LogP contribution in [0.1, 0.15) is 6.92 Å². The number of alkyl halides is 2. The molecule has 2 rings (SSSR count). The molecule has 26 heavy (non-hydrogen) atoms. The van der Waals surface area contributed by atoms with E-state index in [9.17, 15) is 22.0 Å². The zero-order chi connectivity index (χ0) is 19.3. The zero-order valence-corrected chi connectivity index (χ0v) is 15.0. The molecule has 2 N–H and O–H groups in total. The van der Waals surface area contributed by atoms with Crippen molar-refractivity contribution in [2.75, 3.05) is 5.32 Å². The molecule has 0 aliphatic carbocycles. The van der Waals surface area contributed by atoms with Crippen molar-refractivity contribution in [3.8, 4) is 5.75 Å². The summed E-state index contributed by atoms with van der Waals surface area (Å²) in [5.74, 6) is -0.681. The van der Waals surface area contributed by atoms with Gasteiger partial charge in [-0.3, -0.25) is 4.79 Å². The number of hydrogen-bond acceptors (Lipinski definition) is 4. The lowest BCUT2D eigenvalue weighted by molar-refractivity contribution is -0.117. The van der Waals surface area contributed by atoms with Gasteiger partial charge in [-0.2, -0.15) is 13.5 Å². The lowest BCUT2D eigenvalue weighted by Crippen LogP contribution is -2.41. The number of rotatable bonds is 7. The summed E-state index contributed by atoms with van der Waals surface area (Å²) >= 11 is 5.72. The van der Waals surface area contributed by atoms with Gasteiger partial charge in [-0.05, 0) is 55.5 Å². The Labute approximate surface area is 154 Å². The van der Waals surface area contributed by atoms with Crippen LogP contribution >= 0.6 is 11.6 Å². The molecule has 1 amide bonds. The number of sulfonamides is 1. The Hall–Kier alpha value is -2.23. The predicted octanol–water partition coefficient (Wildman–Crippen LogP) is 3.25. The van der Waals surface area contributed by atoms with Crippen LogP contribution in [-0.4, -0.2) is 27.0 Å². The van der Waals surface area contributed by atoms with Crippen molar-refractivity contribution in [2.45, 2.75) is 24.5 Å². The molecule has 2 aromatic rings. The van der Waals surface area contributed by atoms with Crippen LogP contribution in [0.15, 0.2) is 53.4 Å². The van der Waals surface area contributed by atoms with E-state index in [1.165, 1.54) is 55.5 Å². The fourth-order valence-corrected chi connectivity index (χ4v) is 3.27. The van der Waals surface area contributed by atoms with E-state index >= 15 is 0 Å². The fourth-order valence-electron chi connectivity index (χ4n) is 1.94. The first-order valence-electron chi connectivity index (χ1n) is 7.31. The maximum absolute atomic E-state index is 12.2. The number of carbonyl (C=O) groups is 1. The Morgan fingerprint density at radius 2 is 1.65 bits per heavy atom. The molecule has 2 aromatic carbocycles.